The van der Waals surface area contributed by atoms with Crippen molar-refractivity contribution in [2.24, 2.45) is 5.92 Å². The molecule has 0 aliphatic carbocycles. The highest BCUT2D eigenvalue weighted by Crippen LogP contribution is 2.27. The summed E-state index contributed by atoms with van der Waals surface area (Å²) in [5.41, 5.74) is 2.73. The number of piperazine rings is 1. The zero-order chi connectivity index (χ0) is 24.2. The van der Waals surface area contributed by atoms with Crippen LogP contribution in [0.4, 0.5) is 11.4 Å². The van der Waals surface area contributed by atoms with E-state index in [4.69, 9.17) is 11.6 Å². The number of benzene rings is 2. The van der Waals surface area contributed by atoms with Crippen LogP contribution in [0.3, 0.4) is 0 Å². The van der Waals surface area contributed by atoms with Gasteiger partial charge in [0.15, 0.2) is 0 Å². The van der Waals surface area contributed by atoms with E-state index >= 15 is 0 Å². The van der Waals surface area contributed by atoms with Crippen LogP contribution in [0.5, 0.6) is 0 Å². The summed E-state index contributed by atoms with van der Waals surface area (Å²) < 4.78 is 1.48. The lowest BCUT2D eigenvalue weighted by Crippen LogP contribution is -2.52. The highest BCUT2D eigenvalue weighted by Gasteiger charge is 2.31. The quantitative estimate of drug-likeness (QED) is 0.546. The molecule has 2 aliphatic rings. The maximum absolute atomic E-state index is 13.3. The van der Waals surface area contributed by atoms with Gasteiger partial charge in [-0.3, -0.25) is 9.59 Å². The van der Waals surface area contributed by atoms with Gasteiger partial charge in [-0.05, 0) is 30.5 Å². The van der Waals surface area contributed by atoms with Crippen molar-refractivity contribution in [1.29, 1.82) is 0 Å². The third-order valence-corrected chi connectivity index (χ3v) is 7.27. The van der Waals surface area contributed by atoms with Crippen LogP contribution >= 0.6 is 11.6 Å². The summed E-state index contributed by atoms with van der Waals surface area (Å²) in [4.78, 5) is 32.4. The van der Waals surface area contributed by atoms with Gasteiger partial charge in [0.25, 0.3) is 5.56 Å². The fraction of sp³-hybridized carbons (Fsp3) is 0.370. The average molecular weight is 492 g/mol. The van der Waals surface area contributed by atoms with E-state index in [0.717, 1.165) is 54.4 Å². The lowest BCUT2D eigenvalue weighted by molar-refractivity contribution is -0.136. The topological polar surface area (TPSA) is 61.7 Å². The molecule has 8 heteroatoms. The number of piperidine rings is 1. The van der Waals surface area contributed by atoms with Crippen LogP contribution in [0.2, 0.25) is 5.02 Å². The van der Waals surface area contributed by atoms with Gasteiger partial charge in [-0.2, -0.15) is 5.10 Å². The zero-order valence-electron chi connectivity index (χ0n) is 19.7. The zero-order valence-corrected chi connectivity index (χ0v) is 20.5. The van der Waals surface area contributed by atoms with Crippen molar-refractivity contribution in [1.82, 2.24) is 14.7 Å². The molecule has 0 radical (unpaired) electrons. The van der Waals surface area contributed by atoms with E-state index in [1.54, 1.807) is 12.3 Å². The Kier molecular flexibility index (Phi) is 7.04. The number of aromatic nitrogens is 2. The van der Waals surface area contributed by atoms with Gasteiger partial charge in [0.2, 0.25) is 5.91 Å². The first-order chi connectivity index (χ1) is 17.1. The molecule has 2 fully saturated rings. The van der Waals surface area contributed by atoms with Gasteiger partial charge in [0.05, 0.1) is 35.1 Å². The minimum Gasteiger partial charge on any atom is -0.369 e. The molecule has 3 aromatic rings. The molecular formula is C27H30ClN5O2. The molecule has 7 nitrogen and oxygen atoms in total. The van der Waals surface area contributed by atoms with Crippen LogP contribution in [0.15, 0.2) is 71.7 Å². The number of carbonyl (C=O) groups excluding carboxylic acids is 1. The van der Waals surface area contributed by atoms with Crippen molar-refractivity contribution in [3.8, 4) is 0 Å². The minimum absolute atomic E-state index is 0.0673. The molecule has 35 heavy (non-hydrogen) atoms. The van der Waals surface area contributed by atoms with E-state index in [1.807, 2.05) is 59.5 Å². The fourth-order valence-corrected chi connectivity index (χ4v) is 5.27. The number of para-hydroxylation sites is 1. The van der Waals surface area contributed by atoms with E-state index in [0.29, 0.717) is 26.2 Å². The largest absolute Gasteiger partial charge is 0.369 e. The second-order valence-electron chi connectivity index (χ2n) is 9.24. The lowest BCUT2D eigenvalue weighted by atomic mass is 9.96. The van der Waals surface area contributed by atoms with Crippen LogP contribution in [0.1, 0.15) is 18.4 Å². The van der Waals surface area contributed by atoms with Crippen molar-refractivity contribution in [3.63, 3.8) is 0 Å². The summed E-state index contributed by atoms with van der Waals surface area (Å²) in [6, 6.07) is 19.3. The van der Waals surface area contributed by atoms with E-state index in [9.17, 15) is 9.59 Å². The van der Waals surface area contributed by atoms with E-state index in [1.165, 1.54) is 4.68 Å². The lowest BCUT2D eigenvalue weighted by Gasteiger charge is -2.40. The standard InChI is InChI=1S/C27H30ClN5O2/c28-24-10-4-5-11-25(24)30-13-15-31(16-14-30)27(35)22-9-6-12-32(20-22)23-17-26(34)33(29-18-23)19-21-7-2-1-3-8-21/h1-5,7-8,10-11,17-18,22H,6,9,12-16,19-20H2/t22-/m0/s1. The van der Waals surface area contributed by atoms with Crippen molar-refractivity contribution < 1.29 is 4.79 Å². The van der Waals surface area contributed by atoms with Gasteiger partial charge in [-0.15, -0.1) is 0 Å². The van der Waals surface area contributed by atoms with E-state index in [2.05, 4.69) is 14.9 Å². The molecule has 0 N–H and O–H groups in total. The molecular weight excluding hydrogens is 462 g/mol. The highest BCUT2D eigenvalue weighted by molar-refractivity contribution is 6.33. The summed E-state index contributed by atoms with van der Waals surface area (Å²) in [7, 11) is 0. The summed E-state index contributed by atoms with van der Waals surface area (Å²) in [5, 5.41) is 5.15. The summed E-state index contributed by atoms with van der Waals surface area (Å²) in [5.74, 6) is 0.140. The number of nitrogens with zero attached hydrogens (tertiary/aromatic N) is 5. The predicted molar refractivity (Wildman–Crippen MR) is 139 cm³/mol. The van der Waals surface area contributed by atoms with Crippen LogP contribution in [-0.2, 0) is 11.3 Å². The molecule has 5 rings (SSSR count). The molecule has 1 amide bonds. The highest BCUT2D eigenvalue weighted by atomic mass is 35.5. The van der Waals surface area contributed by atoms with Gasteiger partial charge in [-0.1, -0.05) is 54.1 Å². The second kappa shape index (κ2) is 10.5. The molecule has 0 saturated carbocycles. The Labute approximate surface area is 210 Å². The molecule has 0 unspecified atom stereocenters. The summed E-state index contributed by atoms with van der Waals surface area (Å²) in [6.45, 7) is 4.82. The van der Waals surface area contributed by atoms with Crippen molar-refractivity contribution in [3.05, 3.63) is 87.8 Å². The minimum atomic E-state index is -0.129. The number of hydrogen-bond donors (Lipinski definition) is 0. The Morgan fingerprint density at radius 1 is 0.943 bits per heavy atom. The number of rotatable bonds is 5. The summed E-state index contributed by atoms with van der Waals surface area (Å²) in [6.07, 6.45) is 3.54. The first-order valence-corrected chi connectivity index (χ1v) is 12.6. The monoisotopic (exact) mass is 491 g/mol. The van der Waals surface area contributed by atoms with E-state index < -0.39 is 0 Å². The Morgan fingerprint density at radius 2 is 1.69 bits per heavy atom. The van der Waals surface area contributed by atoms with Crippen LogP contribution in [-0.4, -0.2) is 59.9 Å². The molecule has 0 spiro atoms. The number of amides is 1. The summed E-state index contributed by atoms with van der Waals surface area (Å²) >= 11 is 6.36. The number of hydrogen-bond acceptors (Lipinski definition) is 5. The van der Waals surface area contributed by atoms with Gasteiger partial charge < -0.3 is 14.7 Å². The Bertz CT molecular complexity index is 1220. The first kappa shape index (κ1) is 23.4. The Hall–Kier alpha value is -3.32. The average Bonchev–Trinajstić information content (AvgIpc) is 2.90. The SMILES string of the molecule is O=C([C@H]1CCCN(c2cnn(Cc3ccccc3)c(=O)c2)C1)N1CCN(c2ccccc2Cl)CC1. The molecule has 3 heterocycles. The molecule has 1 aromatic heterocycles. The van der Waals surface area contributed by atoms with Crippen molar-refractivity contribution >= 4 is 28.9 Å². The molecule has 2 saturated heterocycles. The molecule has 182 valence electrons. The molecule has 1 atom stereocenters. The van der Waals surface area contributed by atoms with E-state index in [-0.39, 0.29) is 17.4 Å². The Morgan fingerprint density at radius 3 is 2.43 bits per heavy atom. The molecule has 2 aromatic carbocycles. The van der Waals surface area contributed by atoms with Gasteiger partial charge >= 0.3 is 0 Å². The van der Waals surface area contributed by atoms with Crippen LogP contribution in [0, 0.1) is 5.92 Å². The van der Waals surface area contributed by atoms with Gasteiger partial charge in [0.1, 0.15) is 0 Å². The van der Waals surface area contributed by atoms with Gasteiger partial charge in [-0.25, -0.2) is 4.68 Å². The molecule has 2 aliphatic heterocycles. The number of halogens is 1. The van der Waals surface area contributed by atoms with Crippen molar-refractivity contribution in [2.75, 3.05) is 49.1 Å². The second-order valence-corrected chi connectivity index (χ2v) is 9.65. The number of anilines is 2. The third-order valence-electron chi connectivity index (χ3n) is 6.95. The smallest absolute Gasteiger partial charge is 0.269 e. The predicted octanol–water partition coefficient (Wildman–Crippen LogP) is 3.51. The van der Waals surface area contributed by atoms with Gasteiger partial charge in [0, 0.05) is 45.3 Å². The van der Waals surface area contributed by atoms with Crippen LogP contribution < -0.4 is 15.4 Å². The first-order valence-electron chi connectivity index (χ1n) is 12.2. The van der Waals surface area contributed by atoms with Crippen molar-refractivity contribution in [2.45, 2.75) is 19.4 Å². The maximum Gasteiger partial charge on any atom is 0.269 e. The normalized spacial score (nSPS) is 18.5. The fourth-order valence-electron chi connectivity index (χ4n) is 5.02. The van der Waals surface area contributed by atoms with Crippen LogP contribution in [0.25, 0.3) is 0 Å². The maximum atomic E-state index is 13.3. The Balaban J connectivity index is 1.20. The molecule has 0 bridgehead atoms. The third kappa shape index (κ3) is 5.35. The number of carbonyl (C=O) groups is 1.